The average molecular weight is 354 g/mol. The molecule has 1 amide bonds. The maximum Gasteiger partial charge on any atom is 0.258 e. The molecule has 0 aliphatic carbocycles. The number of hydrogen-bond donors (Lipinski definition) is 0. The third-order valence-corrected chi connectivity index (χ3v) is 4.67. The molecule has 0 radical (unpaired) electrons. The molecule has 0 atom stereocenters. The molecule has 0 unspecified atom stereocenters. The number of amides is 1. The molecule has 5 nitrogen and oxygen atoms in total. The van der Waals surface area contributed by atoms with Crippen molar-refractivity contribution in [2.45, 2.75) is 6.54 Å². The smallest absolute Gasteiger partial charge is 0.258 e. The molecule has 2 heterocycles. The van der Waals surface area contributed by atoms with Gasteiger partial charge in [0.1, 0.15) is 5.75 Å². The Hall–Kier alpha value is -2.79. The number of hydrogen-bond acceptors (Lipinski definition) is 3. The Morgan fingerprint density at radius 2 is 1.84 bits per heavy atom. The van der Waals surface area contributed by atoms with Crippen LogP contribution in [0.4, 0.5) is 0 Å². The highest BCUT2D eigenvalue weighted by molar-refractivity contribution is 6.32. The van der Waals surface area contributed by atoms with Gasteiger partial charge in [0.05, 0.1) is 41.3 Å². The van der Waals surface area contributed by atoms with Gasteiger partial charge in [-0.2, -0.15) is 5.10 Å². The minimum absolute atomic E-state index is 0.0286. The molecule has 1 aliphatic heterocycles. The van der Waals surface area contributed by atoms with Gasteiger partial charge in [-0.3, -0.25) is 4.79 Å². The number of carbonyl (C=O) groups is 1. The predicted molar refractivity (Wildman–Crippen MR) is 96.4 cm³/mol. The third kappa shape index (κ3) is 2.48. The third-order valence-electron chi connectivity index (χ3n) is 4.35. The second kappa shape index (κ2) is 5.93. The zero-order valence-electron chi connectivity index (χ0n) is 13.9. The van der Waals surface area contributed by atoms with E-state index in [9.17, 15) is 4.79 Å². The quantitative estimate of drug-likeness (QED) is 0.719. The van der Waals surface area contributed by atoms with E-state index in [1.807, 2.05) is 48.5 Å². The highest BCUT2D eigenvalue weighted by Gasteiger charge is 2.34. The zero-order valence-corrected chi connectivity index (χ0v) is 14.6. The van der Waals surface area contributed by atoms with E-state index in [0.29, 0.717) is 17.1 Å². The molecular formula is C19H16ClN3O2. The number of halogens is 1. The molecule has 25 heavy (non-hydrogen) atoms. The Kier molecular flexibility index (Phi) is 3.73. The molecule has 2 aromatic carbocycles. The van der Waals surface area contributed by atoms with Gasteiger partial charge in [-0.15, -0.1) is 0 Å². The Balaban J connectivity index is 1.97. The first-order valence-electron chi connectivity index (χ1n) is 7.87. The first kappa shape index (κ1) is 15.7. The minimum Gasteiger partial charge on any atom is -0.497 e. The van der Waals surface area contributed by atoms with Gasteiger partial charge in [0.15, 0.2) is 0 Å². The van der Waals surface area contributed by atoms with Gasteiger partial charge < -0.3 is 9.64 Å². The van der Waals surface area contributed by atoms with Crippen LogP contribution in [0.3, 0.4) is 0 Å². The van der Waals surface area contributed by atoms with E-state index in [4.69, 9.17) is 16.3 Å². The molecule has 6 heteroatoms. The lowest BCUT2D eigenvalue weighted by Crippen LogP contribution is -2.19. The monoisotopic (exact) mass is 353 g/mol. The summed E-state index contributed by atoms with van der Waals surface area (Å²) >= 11 is 6.38. The van der Waals surface area contributed by atoms with Gasteiger partial charge >= 0.3 is 0 Å². The van der Waals surface area contributed by atoms with Crippen LogP contribution in [0.25, 0.3) is 16.9 Å². The molecule has 0 saturated carbocycles. The summed E-state index contributed by atoms with van der Waals surface area (Å²) in [6.45, 7) is 0.495. The maximum atomic E-state index is 12.7. The second-order valence-corrected chi connectivity index (χ2v) is 6.33. The number of para-hydroxylation sites is 1. The summed E-state index contributed by atoms with van der Waals surface area (Å²) in [6, 6.07) is 15.1. The first-order chi connectivity index (χ1) is 12.1. The molecule has 3 aromatic rings. The molecular weight excluding hydrogens is 338 g/mol. The molecule has 0 bridgehead atoms. The highest BCUT2D eigenvalue weighted by Crippen LogP contribution is 2.36. The van der Waals surface area contributed by atoms with E-state index in [0.717, 1.165) is 28.4 Å². The Morgan fingerprint density at radius 1 is 1.12 bits per heavy atom. The van der Waals surface area contributed by atoms with Crippen molar-refractivity contribution in [2.24, 2.45) is 0 Å². The van der Waals surface area contributed by atoms with Crippen molar-refractivity contribution < 1.29 is 9.53 Å². The molecule has 0 fully saturated rings. The van der Waals surface area contributed by atoms with Gasteiger partial charge in [0.25, 0.3) is 5.91 Å². The summed E-state index contributed by atoms with van der Waals surface area (Å²) < 4.78 is 7.00. The Morgan fingerprint density at radius 3 is 2.52 bits per heavy atom. The number of methoxy groups -OCH3 is 1. The van der Waals surface area contributed by atoms with Gasteiger partial charge in [-0.25, -0.2) is 4.68 Å². The summed E-state index contributed by atoms with van der Waals surface area (Å²) in [5.41, 5.74) is 3.78. The SMILES string of the molecule is COc1ccc(-c2c3c(nn2-c2ccccc2Cl)CN(C)C3=O)cc1. The predicted octanol–water partition coefficient (Wildman–Crippen LogP) is 3.79. The summed E-state index contributed by atoms with van der Waals surface area (Å²) in [5.74, 6) is 0.728. The van der Waals surface area contributed by atoms with Crippen molar-refractivity contribution in [2.75, 3.05) is 14.2 Å². The number of benzene rings is 2. The van der Waals surface area contributed by atoms with Crippen molar-refractivity contribution in [1.82, 2.24) is 14.7 Å². The fourth-order valence-electron chi connectivity index (χ4n) is 3.10. The molecule has 0 spiro atoms. The van der Waals surface area contributed by atoms with E-state index >= 15 is 0 Å². The highest BCUT2D eigenvalue weighted by atomic mass is 35.5. The van der Waals surface area contributed by atoms with Crippen LogP contribution < -0.4 is 4.74 Å². The van der Waals surface area contributed by atoms with E-state index in [1.54, 1.807) is 23.7 Å². The largest absolute Gasteiger partial charge is 0.497 e. The lowest BCUT2D eigenvalue weighted by Gasteiger charge is -2.13. The van der Waals surface area contributed by atoms with Gasteiger partial charge in [0.2, 0.25) is 0 Å². The summed E-state index contributed by atoms with van der Waals surface area (Å²) in [4.78, 5) is 14.3. The van der Waals surface area contributed by atoms with Gasteiger partial charge in [0, 0.05) is 12.6 Å². The molecule has 1 aliphatic rings. The normalized spacial score (nSPS) is 13.2. The average Bonchev–Trinajstić information content (AvgIpc) is 3.12. The Labute approximate surface area is 150 Å². The van der Waals surface area contributed by atoms with E-state index in [1.165, 1.54) is 0 Å². The van der Waals surface area contributed by atoms with Crippen LogP contribution in [0.1, 0.15) is 16.1 Å². The van der Waals surface area contributed by atoms with Crippen LogP contribution in [0.15, 0.2) is 48.5 Å². The van der Waals surface area contributed by atoms with Crippen molar-refractivity contribution in [3.63, 3.8) is 0 Å². The minimum atomic E-state index is -0.0286. The van der Waals surface area contributed by atoms with Crippen LogP contribution in [0.2, 0.25) is 5.02 Å². The maximum absolute atomic E-state index is 12.7. The lowest BCUT2D eigenvalue weighted by atomic mass is 10.1. The number of aromatic nitrogens is 2. The zero-order chi connectivity index (χ0) is 17.6. The van der Waals surface area contributed by atoms with Crippen LogP contribution in [-0.4, -0.2) is 34.7 Å². The first-order valence-corrected chi connectivity index (χ1v) is 8.24. The molecule has 1 aromatic heterocycles. The summed E-state index contributed by atoms with van der Waals surface area (Å²) in [5, 5.41) is 5.26. The van der Waals surface area contributed by atoms with Crippen molar-refractivity contribution in [3.8, 4) is 22.7 Å². The standard InChI is InChI=1S/C19H16ClN3O2/c1-22-11-15-17(19(22)24)18(12-7-9-13(25-2)10-8-12)23(21-15)16-6-4-3-5-14(16)20/h3-10H,11H2,1-2H3. The molecule has 0 saturated heterocycles. The van der Waals surface area contributed by atoms with Crippen LogP contribution in [0, 0.1) is 0 Å². The molecule has 0 N–H and O–H groups in total. The molecule has 126 valence electrons. The topological polar surface area (TPSA) is 47.4 Å². The summed E-state index contributed by atoms with van der Waals surface area (Å²) in [6.07, 6.45) is 0. The van der Waals surface area contributed by atoms with Crippen molar-refractivity contribution in [3.05, 3.63) is 64.8 Å². The van der Waals surface area contributed by atoms with Crippen LogP contribution >= 0.6 is 11.6 Å². The number of fused-ring (bicyclic) bond motifs is 1. The number of carbonyl (C=O) groups excluding carboxylic acids is 1. The number of rotatable bonds is 3. The number of ether oxygens (including phenoxy) is 1. The fourth-order valence-corrected chi connectivity index (χ4v) is 3.32. The molecule has 4 rings (SSSR count). The lowest BCUT2D eigenvalue weighted by molar-refractivity contribution is 0.0815. The van der Waals surface area contributed by atoms with Crippen LogP contribution in [0.5, 0.6) is 5.75 Å². The van der Waals surface area contributed by atoms with E-state index in [-0.39, 0.29) is 5.91 Å². The van der Waals surface area contributed by atoms with Crippen molar-refractivity contribution >= 4 is 17.5 Å². The van der Waals surface area contributed by atoms with Gasteiger partial charge in [-0.05, 0) is 36.4 Å². The van der Waals surface area contributed by atoms with Crippen LogP contribution in [-0.2, 0) is 6.54 Å². The number of nitrogens with zero attached hydrogens (tertiary/aromatic N) is 3. The summed E-state index contributed by atoms with van der Waals surface area (Å²) in [7, 11) is 3.40. The van der Waals surface area contributed by atoms with Gasteiger partial charge in [-0.1, -0.05) is 23.7 Å². The van der Waals surface area contributed by atoms with Crippen molar-refractivity contribution in [1.29, 1.82) is 0 Å². The second-order valence-electron chi connectivity index (χ2n) is 5.92. The van der Waals surface area contributed by atoms with E-state index in [2.05, 4.69) is 5.10 Å². The fraction of sp³-hybridized carbons (Fsp3) is 0.158. The Bertz CT molecular complexity index is 963. The van der Waals surface area contributed by atoms with E-state index < -0.39 is 0 Å².